The van der Waals surface area contributed by atoms with E-state index >= 15 is 0 Å². The van der Waals surface area contributed by atoms with E-state index in [0.29, 0.717) is 40.1 Å². The molecule has 6 rings (SSSR count). The third-order valence-electron chi connectivity index (χ3n) is 5.81. The monoisotopic (exact) mass is 672 g/mol. The van der Waals surface area contributed by atoms with Crippen LogP contribution < -0.4 is 11.1 Å². The lowest BCUT2D eigenvalue weighted by Crippen LogP contribution is -2.23. The number of hydrogen-bond acceptors (Lipinski definition) is 10. The number of hydrogen-bond donors (Lipinski definition) is 0. The summed E-state index contributed by atoms with van der Waals surface area (Å²) in [5.41, 5.74) is 2.36. The summed E-state index contributed by atoms with van der Waals surface area (Å²) in [4.78, 5) is 41.0. The molecular weight excluding hydrogens is 652 g/mol. The molecule has 0 fully saturated rings. The molecule has 0 aromatic carbocycles. The largest absolute Gasteiger partial charge is 0.312 e. The molecule has 0 aliphatic rings. The Morgan fingerprint density at radius 1 is 0.829 bits per heavy atom. The number of aryl methyl sites for hydroxylation is 1. The Balaban J connectivity index is 0.000000165. The molecule has 41 heavy (non-hydrogen) atoms. The van der Waals surface area contributed by atoms with Gasteiger partial charge < -0.3 is 4.57 Å². The zero-order valence-electron chi connectivity index (χ0n) is 22.0. The summed E-state index contributed by atoms with van der Waals surface area (Å²) in [6.45, 7) is 2.79. The van der Waals surface area contributed by atoms with Crippen LogP contribution in [0.1, 0.15) is 16.8 Å². The summed E-state index contributed by atoms with van der Waals surface area (Å²) in [7, 11) is 0. The number of pyridine rings is 2. The minimum absolute atomic E-state index is 0.116. The van der Waals surface area contributed by atoms with Gasteiger partial charge in [-0.3, -0.25) is 14.2 Å². The quantitative estimate of drug-likeness (QED) is 0.190. The molecule has 0 aliphatic carbocycles. The van der Waals surface area contributed by atoms with Gasteiger partial charge in [-0.25, -0.2) is 14.5 Å². The van der Waals surface area contributed by atoms with Crippen molar-refractivity contribution in [2.24, 2.45) is 0 Å². The van der Waals surface area contributed by atoms with Crippen molar-refractivity contribution in [3.05, 3.63) is 102 Å². The van der Waals surface area contributed by atoms with Crippen LogP contribution in [0.5, 0.6) is 0 Å². The van der Waals surface area contributed by atoms with Gasteiger partial charge in [-0.05, 0) is 58.6 Å². The molecule has 0 aliphatic heterocycles. The van der Waals surface area contributed by atoms with Crippen LogP contribution in [0.4, 0.5) is 0 Å². The first-order valence-electron chi connectivity index (χ1n) is 12.0. The molecule has 0 saturated carbocycles. The molecule has 0 spiro atoms. The molecule has 210 valence electrons. The summed E-state index contributed by atoms with van der Waals surface area (Å²) in [6, 6.07) is 10.4. The maximum absolute atomic E-state index is 12.3. The van der Waals surface area contributed by atoms with Gasteiger partial charge in [-0.15, -0.1) is 10.2 Å². The lowest BCUT2D eigenvalue weighted by Gasteiger charge is -2.08. The molecule has 0 atom stereocenters. The van der Waals surface area contributed by atoms with E-state index in [9.17, 15) is 9.59 Å². The third-order valence-corrected chi connectivity index (χ3v) is 7.58. The fourth-order valence-electron chi connectivity index (χ4n) is 3.85. The Hall–Kier alpha value is -3.53. The summed E-state index contributed by atoms with van der Waals surface area (Å²) < 4.78 is 7.23. The maximum Gasteiger partial charge on any atom is 0.275 e. The van der Waals surface area contributed by atoms with Crippen molar-refractivity contribution < 1.29 is 0 Å². The molecule has 0 bridgehead atoms. The van der Waals surface area contributed by atoms with Crippen molar-refractivity contribution in [1.29, 1.82) is 0 Å². The Morgan fingerprint density at radius 2 is 1.49 bits per heavy atom. The van der Waals surface area contributed by atoms with Gasteiger partial charge >= 0.3 is 0 Å². The molecule has 6 aromatic rings. The maximum atomic E-state index is 12.3. The highest BCUT2D eigenvalue weighted by atomic mass is 79.9. The molecule has 0 amide bonds. The normalized spacial score (nSPS) is 11.1. The molecule has 0 unspecified atom stereocenters. The van der Waals surface area contributed by atoms with Gasteiger partial charge in [-0.1, -0.05) is 47.3 Å². The zero-order chi connectivity index (χ0) is 29.1. The van der Waals surface area contributed by atoms with E-state index in [-0.39, 0.29) is 11.1 Å². The minimum Gasteiger partial charge on any atom is -0.312 e. The first kappa shape index (κ1) is 29.0. The molecule has 16 heteroatoms. The van der Waals surface area contributed by atoms with Crippen LogP contribution in [-0.4, -0.2) is 60.8 Å². The number of fused-ring (bicyclic) bond motifs is 2. The second-order valence-electron chi connectivity index (χ2n) is 8.59. The Labute approximate surface area is 255 Å². The van der Waals surface area contributed by atoms with Crippen molar-refractivity contribution in [1.82, 2.24) is 48.3 Å². The molecule has 0 radical (unpaired) electrons. The van der Waals surface area contributed by atoms with E-state index in [4.69, 9.17) is 11.6 Å². The predicted molar refractivity (Wildman–Crippen MR) is 162 cm³/mol. The SMILES string of the molecule is CSc1nc2n(Cc3ccc(Br)nc3)ccc(=O)n2n1.CSc1nc2n(Cc3ccc(Cl)nc3)c(=O)cc(C)n2n1. The Morgan fingerprint density at radius 3 is 2.15 bits per heavy atom. The molecule has 0 saturated heterocycles. The van der Waals surface area contributed by atoms with Gasteiger partial charge in [-0.2, -0.15) is 14.5 Å². The topological polar surface area (TPSA) is 130 Å². The lowest BCUT2D eigenvalue weighted by molar-refractivity contribution is 0.727. The molecule has 6 heterocycles. The van der Waals surface area contributed by atoms with Gasteiger partial charge in [0.15, 0.2) is 0 Å². The summed E-state index contributed by atoms with van der Waals surface area (Å²) >= 11 is 11.9. The van der Waals surface area contributed by atoms with Crippen molar-refractivity contribution >= 4 is 62.6 Å². The number of halogens is 2. The highest BCUT2D eigenvalue weighted by Gasteiger charge is 2.12. The van der Waals surface area contributed by atoms with Crippen LogP contribution in [0.15, 0.2) is 79.5 Å². The van der Waals surface area contributed by atoms with Crippen LogP contribution in [0.25, 0.3) is 11.6 Å². The van der Waals surface area contributed by atoms with Crippen LogP contribution in [-0.2, 0) is 13.1 Å². The van der Waals surface area contributed by atoms with Gasteiger partial charge in [0.05, 0.1) is 13.1 Å². The van der Waals surface area contributed by atoms with E-state index < -0.39 is 0 Å². The number of nitrogens with zero attached hydrogens (tertiary/aromatic N) is 10. The fraction of sp³-hybridized carbons (Fsp3) is 0.200. The molecule has 0 N–H and O–H groups in total. The highest BCUT2D eigenvalue weighted by molar-refractivity contribution is 9.10. The Kier molecular flexibility index (Phi) is 8.87. The second-order valence-corrected chi connectivity index (χ2v) is 11.3. The number of rotatable bonds is 6. The number of aromatic nitrogens is 10. The average Bonchev–Trinajstić information content (AvgIpc) is 3.61. The molecular formula is C25H22BrClN10O2S2. The Bertz CT molecular complexity index is 1950. The standard InChI is InChI=1S/C13H12ClN5OS.C12H10BrN5OS/c1-8-5-11(20)18(7-9-3-4-10(14)15-6-9)13-16-12(21-2)17-19(8)13;1-20-11-15-12-17(5-4-10(19)18(12)16-11)7-8-2-3-9(13)14-6-8/h3-6H,7H2,1-2H3;2-6H,7H2,1H3. The van der Waals surface area contributed by atoms with Crippen LogP contribution >= 0.6 is 51.1 Å². The van der Waals surface area contributed by atoms with E-state index in [2.05, 4.69) is 46.1 Å². The van der Waals surface area contributed by atoms with Crippen LogP contribution in [0.3, 0.4) is 0 Å². The second kappa shape index (κ2) is 12.5. The highest BCUT2D eigenvalue weighted by Crippen LogP contribution is 2.14. The minimum atomic E-state index is -0.182. The van der Waals surface area contributed by atoms with E-state index in [1.54, 1.807) is 39.8 Å². The summed E-state index contributed by atoms with van der Waals surface area (Å²) in [5, 5.41) is 10.2. The van der Waals surface area contributed by atoms with Gasteiger partial charge in [0, 0.05) is 36.4 Å². The lowest BCUT2D eigenvalue weighted by atomic mass is 10.3. The van der Waals surface area contributed by atoms with Gasteiger partial charge in [0.1, 0.15) is 9.76 Å². The van der Waals surface area contributed by atoms with Crippen LogP contribution in [0.2, 0.25) is 5.15 Å². The summed E-state index contributed by atoms with van der Waals surface area (Å²) in [5.74, 6) is 1.06. The fourth-order valence-corrected chi connectivity index (χ4v) is 4.87. The first-order chi connectivity index (χ1) is 19.7. The van der Waals surface area contributed by atoms with Crippen molar-refractivity contribution in [2.45, 2.75) is 30.3 Å². The smallest absolute Gasteiger partial charge is 0.275 e. The van der Waals surface area contributed by atoms with Crippen molar-refractivity contribution in [2.75, 3.05) is 12.5 Å². The van der Waals surface area contributed by atoms with E-state index in [1.165, 1.54) is 34.1 Å². The molecule has 12 nitrogen and oxygen atoms in total. The van der Waals surface area contributed by atoms with Crippen LogP contribution in [0, 0.1) is 6.92 Å². The first-order valence-corrected chi connectivity index (χ1v) is 15.6. The average molecular weight is 674 g/mol. The van der Waals surface area contributed by atoms with Crippen molar-refractivity contribution in [3.63, 3.8) is 0 Å². The van der Waals surface area contributed by atoms with Crippen molar-refractivity contribution in [3.8, 4) is 0 Å². The van der Waals surface area contributed by atoms with Gasteiger partial charge in [0.25, 0.3) is 11.1 Å². The number of thioether (sulfide) groups is 2. The predicted octanol–water partition coefficient (Wildman–Crippen LogP) is 3.84. The summed E-state index contributed by atoms with van der Waals surface area (Å²) in [6.07, 6.45) is 8.93. The molecule has 6 aromatic heterocycles. The zero-order valence-corrected chi connectivity index (χ0v) is 25.9. The van der Waals surface area contributed by atoms with E-state index in [1.807, 2.05) is 42.2 Å². The third kappa shape index (κ3) is 6.53. The van der Waals surface area contributed by atoms with E-state index in [0.717, 1.165) is 21.4 Å². The van der Waals surface area contributed by atoms with Gasteiger partial charge in [0.2, 0.25) is 21.9 Å².